The van der Waals surface area contributed by atoms with Gasteiger partial charge in [0, 0.05) is 12.6 Å². The first kappa shape index (κ1) is 15.8. The van der Waals surface area contributed by atoms with Gasteiger partial charge in [-0.25, -0.2) is 4.79 Å². The van der Waals surface area contributed by atoms with Crippen LogP contribution >= 0.6 is 0 Å². The van der Waals surface area contributed by atoms with Crippen molar-refractivity contribution < 1.29 is 14.7 Å². The lowest BCUT2D eigenvalue weighted by Crippen LogP contribution is -2.48. The number of nitrogens with zero attached hydrogens (tertiary/aromatic N) is 1. The van der Waals surface area contributed by atoms with Crippen molar-refractivity contribution in [3.63, 3.8) is 0 Å². The fraction of sp³-hybridized carbons (Fsp3) is 0.857. The summed E-state index contributed by atoms with van der Waals surface area (Å²) in [4.78, 5) is 24.4. The van der Waals surface area contributed by atoms with E-state index >= 15 is 0 Å². The van der Waals surface area contributed by atoms with Gasteiger partial charge in [-0.05, 0) is 37.5 Å². The van der Waals surface area contributed by atoms with Gasteiger partial charge < -0.3 is 15.3 Å². The molecule has 2 N–H and O–H groups in total. The first-order valence-corrected chi connectivity index (χ1v) is 7.08. The number of nitrogens with one attached hydrogen (secondary N) is 1. The highest BCUT2D eigenvalue weighted by Gasteiger charge is 2.45. The van der Waals surface area contributed by atoms with E-state index in [0.29, 0.717) is 12.5 Å². The predicted octanol–water partition coefficient (Wildman–Crippen LogP) is 2.32. The van der Waals surface area contributed by atoms with E-state index in [1.807, 2.05) is 13.8 Å². The Hall–Kier alpha value is -1.26. The van der Waals surface area contributed by atoms with Crippen molar-refractivity contribution in [2.75, 3.05) is 13.1 Å². The summed E-state index contributed by atoms with van der Waals surface area (Å²) in [7, 11) is 0. The molecule has 1 aliphatic carbocycles. The third-order valence-corrected chi connectivity index (χ3v) is 4.40. The molecule has 110 valence electrons. The zero-order valence-corrected chi connectivity index (χ0v) is 12.4. The molecule has 1 fully saturated rings. The number of amides is 2. The van der Waals surface area contributed by atoms with Gasteiger partial charge >= 0.3 is 12.0 Å². The van der Waals surface area contributed by atoms with Gasteiger partial charge in [0.25, 0.3) is 0 Å². The third kappa shape index (κ3) is 4.11. The highest BCUT2D eigenvalue weighted by molar-refractivity contribution is 5.80. The summed E-state index contributed by atoms with van der Waals surface area (Å²) >= 11 is 0. The molecule has 0 aromatic rings. The van der Waals surface area contributed by atoms with Gasteiger partial charge in [0.15, 0.2) is 0 Å². The molecule has 0 bridgehead atoms. The second kappa shape index (κ2) is 6.26. The lowest BCUT2D eigenvalue weighted by Gasteiger charge is -2.29. The molecule has 2 amide bonds. The number of carbonyl (C=O) groups is 2. The van der Waals surface area contributed by atoms with Crippen molar-refractivity contribution in [1.29, 1.82) is 0 Å². The van der Waals surface area contributed by atoms with E-state index in [1.54, 1.807) is 0 Å². The monoisotopic (exact) mass is 270 g/mol. The van der Waals surface area contributed by atoms with E-state index in [1.165, 1.54) is 4.90 Å². The molecule has 0 aromatic heterocycles. The van der Waals surface area contributed by atoms with Crippen molar-refractivity contribution in [2.45, 2.75) is 53.0 Å². The molecule has 0 spiro atoms. The van der Waals surface area contributed by atoms with Gasteiger partial charge in [0.05, 0.1) is 0 Å². The second-order valence-corrected chi connectivity index (χ2v) is 5.95. The first-order chi connectivity index (χ1) is 8.82. The molecular weight excluding hydrogens is 244 g/mol. The smallest absolute Gasteiger partial charge is 0.323 e. The molecule has 0 heterocycles. The topological polar surface area (TPSA) is 69.6 Å². The molecule has 5 nitrogen and oxygen atoms in total. The number of aliphatic carboxylic acids is 1. The molecule has 5 heteroatoms. The molecule has 1 aliphatic rings. The zero-order valence-electron chi connectivity index (χ0n) is 12.4. The Labute approximate surface area is 115 Å². The summed E-state index contributed by atoms with van der Waals surface area (Å²) in [6.45, 7) is 8.57. The number of carboxylic acids is 1. The molecule has 1 saturated carbocycles. The van der Waals surface area contributed by atoms with E-state index < -0.39 is 5.97 Å². The molecule has 0 radical (unpaired) electrons. The summed E-state index contributed by atoms with van der Waals surface area (Å²) in [6.07, 6.45) is 3.04. The molecular formula is C14H26N2O3. The van der Waals surface area contributed by atoms with Crippen LogP contribution in [0.15, 0.2) is 0 Å². The van der Waals surface area contributed by atoms with Crippen molar-refractivity contribution >= 4 is 12.0 Å². The second-order valence-electron chi connectivity index (χ2n) is 5.95. The number of urea groups is 1. The molecule has 19 heavy (non-hydrogen) atoms. The van der Waals surface area contributed by atoms with Gasteiger partial charge in [0.2, 0.25) is 0 Å². The maximum Gasteiger partial charge on any atom is 0.323 e. The molecule has 0 saturated heterocycles. The van der Waals surface area contributed by atoms with Crippen molar-refractivity contribution in [2.24, 2.45) is 11.3 Å². The standard InChI is InChI=1S/C14H26N2O3/c1-5-11(4)16(8-12(17)18)13(19)15-9-14(6-7-14)10(2)3/h10-11H,5-9H2,1-4H3,(H,15,19)(H,17,18). The Balaban J connectivity index is 2.55. The minimum absolute atomic E-state index is 0.0645. The van der Waals surface area contributed by atoms with E-state index in [9.17, 15) is 9.59 Å². The van der Waals surface area contributed by atoms with Crippen LogP contribution in [0, 0.1) is 11.3 Å². The van der Waals surface area contributed by atoms with Gasteiger partial charge in [-0.3, -0.25) is 4.79 Å². The number of hydrogen-bond acceptors (Lipinski definition) is 2. The van der Waals surface area contributed by atoms with Gasteiger partial charge in [0.1, 0.15) is 6.54 Å². The van der Waals surface area contributed by atoms with E-state index in [0.717, 1.165) is 19.3 Å². The molecule has 0 aliphatic heterocycles. The van der Waals surface area contributed by atoms with Crippen molar-refractivity contribution in [3.8, 4) is 0 Å². The summed E-state index contributed by atoms with van der Waals surface area (Å²) < 4.78 is 0. The molecule has 1 unspecified atom stereocenters. The van der Waals surface area contributed by atoms with Crippen molar-refractivity contribution in [3.05, 3.63) is 0 Å². The Morgan fingerprint density at radius 3 is 2.26 bits per heavy atom. The first-order valence-electron chi connectivity index (χ1n) is 7.08. The Morgan fingerprint density at radius 2 is 1.89 bits per heavy atom. The van der Waals surface area contributed by atoms with Crippen LogP contribution in [-0.4, -0.2) is 41.1 Å². The Bertz CT molecular complexity index is 338. The number of carbonyl (C=O) groups excluding carboxylic acids is 1. The molecule has 1 rings (SSSR count). The third-order valence-electron chi connectivity index (χ3n) is 4.40. The number of carboxylic acid groups (broad SMARTS) is 1. The van der Waals surface area contributed by atoms with E-state index in [4.69, 9.17) is 5.11 Å². The number of rotatable bonds is 7. The quantitative estimate of drug-likeness (QED) is 0.746. The minimum Gasteiger partial charge on any atom is -0.480 e. The maximum absolute atomic E-state index is 12.1. The van der Waals surface area contributed by atoms with Crippen LogP contribution in [0.5, 0.6) is 0 Å². The summed E-state index contributed by atoms with van der Waals surface area (Å²) in [5.74, 6) is -0.426. The Kier molecular flexibility index (Phi) is 5.20. The average molecular weight is 270 g/mol. The predicted molar refractivity (Wildman–Crippen MR) is 74.0 cm³/mol. The van der Waals surface area contributed by atoms with Gasteiger partial charge in [-0.15, -0.1) is 0 Å². The molecule has 1 atom stereocenters. The fourth-order valence-electron chi connectivity index (χ4n) is 2.27. The van der Waals surface area contributed by atoms with E-state index in [-0.39, 0.29) is 24.0 Å². The lowest BCUT2D eigenvalue weighted by atomic mass is 9.92. The normalized spacial score (nSPS) is 17.9. The maximum atomic E-state index is 12.1. The van der Waals surface area contributed by atoms with E-state index in [2.05, 4.69) is 19.2 Å². The van der Waals surface area contributed by atoms with Crippen LogP contribution in [0.4, 0.5) is 4.79 Å². The average Bonchev–Trinajstić information content (AvgIpc) is 3.13. The van der Waals surface area contributed by atoms with Gasteiger partial charge in [-0.1, -0.05) is 20.8 Å². The zero-order chi connectivity index (χ0) is 14.6. The lowest BCUT2D eigenvalue weighted by molar-refractivity contribution is -0.138. The molecule has 0 aromatic carbocycles. The summed E-state index contributed by atoms with van der Waals surface area (Å²) in [5.41, 5.74) is 0.236. The summed E-state index contributed by atoms with van der Waals surface area (Å²) in [6, 6.07) is -0.325. The highest BCUT2D eigenvalue weighted by Crippen LogP contribution is 2.51. The van der Waals surface area contributed by atoms with Crippen molar-refractivity contribution in [1.82, 2.24) is 10.2 Å². The summed E-state index contributed by atoms with van der Waals surface area (Å²) in [5, 5.41) is 11.8. The SMILES string of the molecule is CCC(C)N(CC(=O)O)C(=O)NCC1(C(C)C)CC1. The minimum atomic E-state index is -0.972. The van der Waals surface area contributed by atoms with Crippen LogP contribution in [0.2, 0.25) is 0 Å². The van der Waals surface area contributed by atoms with Crippen LogP contribution in [0.1, 0.15) is 47.0 Å². The largest absolute Gasteiger partial charge is 0.480 e. The van der Waals surface area contributed by atoms with Crippen LogP contribution < -0.4 is 5.32 Å². The Morgan fingerprint density at radius 1 is 1.32 bits per heavy atom. The highest BCUT2D eigenvalue weighted by atomic mass is 16.4. The van der Waals surface area contributed by atoms with Crippen LogP contribution in [-0.2, 0) is 4.79 Å². The number of hydrogen-bond donors (Lipinski definition) is 2. The van der Waals surface area contributed by atoms with Crippen LogP contribution in [0.3, 0.4) is 0 Å². The fourth-order valence-corrected chi connectivity index (χ4v) is 2.27. The van der Waals surface area contributed by atoms with Gasteiger partial charge in [-0.2, -0.15) is 0 Å². The van der Waals surface area contributed by atoms with Crippen LogP contribution in [0.25, 0.3) is 0 Å².